The first-order chi connectivity index (χ1) is 29.1. The van der Waals surface area contributed by atoms with Crippen LogP contribution in [0, 0.1) is 0 Å². The number of hydrogen-bond donors (Lipinski definition) is 2. The van der Waals surface area contributed by atoms with Gasteiger partial charge in [-0.3, -0.25) is 0 Å². The van der Waals surface area contributed by atoms with Gasteiger partial charge in [0.25, 0.3) is 0 Å². The minimum absolute atomic E-state index is 0.237. The second kappa shape index (κ2) is 12.8. The van der Waals surface area contributed by atoms with Crippen molar-refractivity contribution in [3.63, 3.8) is 0 Å². The lowest BCUT2D eigenvalue weighted by atomic mass is 10.1. The SMILES string of the molecule is Oc1ccc2c(c1N1CN(CN3CN(c4c(O)ccc5c4c4ccccc4n5-c4ccccc4)c4ccccc43)c3ccccc31)c1ccccc1n2-c1ccccc1. The van der Waals surface area contributed by atoms with Crippen LogP contribution in [0.5, 0.6) is 11.5 Å². The summed E-state index contributed by atoms with van der Waals surface area (Å²) in [6.07, 6.45) is 0. The molecule has 284 valence electrons. The maximum Gasteiger partial charge on any atom is 0.140 e. The van der Waals surface area contributed by atoms with Gasteiger partial charge in [0.15, 0.2) is 0 Å². The predicted molar refractivity (Wildman–Crippen MR) is 242 cm³/mol. The highest BCUT2D eigenvalue weighted by Gasteiger charge is 2.36. The molecule has 0 fully saturated rings. The Labute approximate surface area is 340 Å². The molecule has 10 aromatic rings. The minimum atomic E-state index is 0.237. The van der Waals surface area contributed by atoms with Crippen molar-refractivity contribution in [1.29, 1.82) is 0 Å². The van der Waals surface area contributed by atoms with Gasteiger partial charge in [-0.1, -0.05) is 97.1 Å². The Kier molecular flexibility index (Phi) is 7.25. The lowest BCUT2D eigenvalue weighted by molar-refractivity contribution is 0.476. The molecule has 8 nitrogen and oxygen atoms in total. The molecule has 0 radical (unpaired) electrons. The van der Waals surface area contributed by atoms with E-state index in [0.29, 0.717) is 20.0 Å². The Hall–Kier alpha value is -7.84. The van der Waals surface area contributed by atoms with Crippen molar-refractivity contribution in [2.75, 3.05) is 39.6 Å². The van der Waals surface area contributed by atoms with Crippen LogP contribution >= 0.6 is 0 Å². The number of hydrogen-bond acceptors (Lipinski definition) is 6. The summed E-state index contributed by atoms with van der Waals surface area (Å²) in [5.74, 6) is 0.474. The van der Waals surface area contributed by atoms with Crippen LogP contribution in [0.25, 0.3) is 55.0 Å². The summed E-state index contributed by atoms with van der Waals surface area (Å²) in [7, 11) is 0. The molecule has 4 heterocycles. The van der Waals surface area contributed by atoms with E-state index in [1.165, 1.54) is 0 Å². The first-order valence-corrected chi connectivity index (χ1v) is 20.0. The first kappa shape index (κ1) is 33.3. The molecule has 0 aliphatic carbocycles. The van der Waals surface area contributed by atoms with Gasteiger partial charge in [0.05, 0.1) is 76.2 Å². The number of phenolic OH excluding ortho intramolecular Hbond substituents is 2. The molecule has 8 heteroatoms. The second-order valence-corrected chi connectivity index (χ2v) is 15.4. The molecule has 0 amide bonds. The second-order valence-electron chi connectivity index (χ2n) is 15.4. The van der Waals surface area contributed by atoms with E-state index in [-0.39, 0.29) is 11.5 Å². The summed E-state index contributed by atoms with van der Waals surface area (Å²) in [5.41, 5.74) is 12.2. The zero-order chi connectivity index (χ0) is 39.2. The van der Waals surface area contributed by atoms with E-state index in [0.717, 1.165) is 89.1 Å². The first-order valence-electron chi connectivity index (χ1n) is 20.0. The number of benzene rings is 8. The van der Waals surface area contributed by atoms with Crippen LogP contribution in [0.1, 0.15) is 0 Å². The fourth-order valence-corrected chi connectivity index (χ4v) is 9.72. The van der Waals surface area contributed by atoms with Gasteiger partial charge in [0, 0.05) is 32.9 Å². The largest absolute Gasteiger partial charge is 0.506 e. The quantitative estimate of drug-likeness (QED) is 0.176. The van der Waals surface area contributed by atoms with Gasteiger partial charge >= 0.3 is 0 Å². The van der Waals surface area contributed by atoms with Crippen molar-refractivity contribution in [3.05, 3.63) is 182 Å². The van der Waals surface area contributed by atoms with Crippen LogP contribution in [0.3, 0.4) is 0 Å². The fourth-order valence-electron chi connectivity index (χ4n) is 9.72. The molecular weight excluding hydrogens is 729 g/mol. The smallest absolute Gasteiger partial charge is 0.140 e. The van der Waals surface area contributed by atoms with Crippen LogP contribution < -0.4 is 19.6 Å². The Morgan fingerprint density at radius 2 is 0.729 bits per heavy atom. The normalized spacial score (nSPS) is 13.7. The Morgan fingerprint density at radius 1 is 0.356 bits per heavy atom. The van der Waals surface area contributed by atoms with E-state index in [1.54, 1.807) is 0 Å². The standard InChI is InChI=1S/C51H38N6O2/c58-46-29-27-44-48(36-19-7-9-21-38(36)56(44)34-15-3-1-4-16-34)50(46)54-32-52(40-23-11-13-25-42(40)54)31-53-33-55(43-26-14-12-24-41(43)53)51-47(59)30-28-45-49(51)37-20-8-10-22-39(37)57(45)35-17-5-2-6-18-35/h1-30,58-59H,31-33H2. The fraction of sp³-hybridized carbons (Fsp3) is 0.0588. The van der Waals surface area contributed by atoms with Crippen molar-refractivity contribution in [1.82, 2.24) is 9.13 Å². The van der Waals surface area contributed by atoms with E-state index in [4.69, 9.17) is 0 Å². The summed E-state index contributed by atoms with van der Waals surface area (Å²) in [5, 5.41) is 27.9. The van der Waals surface area contributed by atoms with Crippen LogP contribution in [-0.4, -0.2) is 39.4 Å². The van der Waals surface area contributed by atoms with E-state index < -0.39 is 0 Å². The Bertz CT molecular complexity index is 3050. The molecule has 2 aliphatic heterocycles. The Balaban J connectivity index is 0.963. The maximum atomic E-state index is 11.8. The average molecular weight is 767 g/mol. The molecule has 0 spiro atoms. The third-order valence-corrected chi connectivity index (χ3v) is 12.1. The highest BCUT2D eigenvalue weighted by atomic mass is 16.3. The summed E-state index contributed by atoms with van der Waals surface area (Å²) in [6.45, 7) is 1.63. The molecule has 59 heavy (non-hydrogen) atoms. The van der Waals surface area contributed by atoms with Gasteiger partial charge in [-0.2, -0.15) is 0 Å². The van der Waals surface area contributed by atoms with Crippen molar-refractivity contribution >= 4 is 77.7 Å². The average Bonchev–Trinajstić information content (AvgIpc) is 4.03. The van der Waals surface area contributed by atoms with Gasteiger partial charge in [0.1, 0.15) is 11.5 Å². The van der Waals surface area contributed by atoms with Crippen molar-refractivity contribution in [2.24, 2.45) is 0 Å². The minimum Gasteiger partial charge on any atom is -0.506 e. The van der Waals surface area contributed by atoms with E-state index in [2.05, 4.69) is 174 Å². The van der Waals surface area contributed by atoms with Crippen molar-refractivity contribution < 1.29 is 10.2 Å². The van der Waals surface area contributed by atoms with E-state index >= 15 is 0 Å². The summed E-state index contributed by atoms with van der Waals surface area (Å²) < 4.78 is 4.58. The lowest BCUT2D eigenvalue weighted by Crippen LogP contribution is -2.40. The zero-order valence-corrected chi connectivity index (χ0v) is 32.0. The summed E-state index contributed by atoms with van der Waals surface area (Å²) in [6, 6.07) is 62.4. The highest BCUT2D eigenvalue weighted by Crippen LogP contribution is 2.52. The van der Waals surface area contributed by atoms with Crippen LogP contribution in [0.4, 0.5) is 34.1 Å². The van der Waals surface area contributed by atoms with E-state index in [9.17, 15) is 10.2 Å². The number of fused-ring (bicyclic) bond motifs is 8. The van der Waals surface area contributed by atoms with Gasteiger partial charge in [-0.05, 0) is 84.9 Å². The number of aromatic nitrogens is 2. The number of aromatic hydroxyl groups is 2. The highest BCUT2D eigenvalue weighted by molar-refractivity contribution is 6.19. The Morgan fingerprint density at radius 3 is 1.17 bits per heavy atom. The molecule has 0 bridgehead atoms. The van der Waals surface area contributed by atoms with Crippen LogP contribution in [0.15, 0.2) is 182 Å². The molecule has 2 N–H and O–H groups in total. The predicted octanol–water partition coefficient (Wildman–Crippen LogP) is 11.8. The molecule has 0 unspecified atom stereocenters. The molecule has 2 aliphatic rings. The van der Waals surface area contributed by atoms with Crippen LogP contribution in [-0.2, 0) is 0 Å². The van der Waals surface area contributed by atoms with Gasteiger partial charge in [-0.25, -0.2) is 0 Å². The number of anilines is 6. The molecule has 0 atom stereocenters. The molecule has 0 saturated heterocycles. The molecule has 2 aromatic heterocycles. The molecule has 12 rings (SSSR count). The van der Waals surface area contributed by atoms with Crippen LogP contribution in [0.2, 0.25) is 0 Å². The number of phenols is 2. The van der Waals surface area contributed by atoms with Crippen molar-refractivity contribution in [3.8, 4) is 22.9 Å². The van der Waals surface area contributed by atoms with Crippen molar-refractivity contribution in [2.45, 2.75) is 0 Å². The van der Waals surface area contributed by atoms with Gasteiger partial charge in [-0.15, -0.1) is 0 Å². The summed E-state index contributed by atoms with van der Waals surface area (Å²) >= 11 is 0. The zero-order valence-electron chi connectivity index (χ0n) is 32.0. The summed E-state index contributed by atoms with van der Waals surface area (Å²) in [4.78, 5) is 9.29. The molecular formula is C51H38N6O2. The number of nitrogens with zero attached hydrogens (tertiary/aromatic N) is 6. The monoisotopic (exact) mass is 766 g/mol. The number of rotatable bonds is 6. The van der Waals surface area contributed by atoms with E-state index in [1.807, 2.05) is 36.4 Å². The lowest BCUT2D eigenvalue weighted by Gasteiger charge is -2.29. The third kappa shape index (κ3) is 4.90. The maximum absolute atomic E-state index is 11.8. The van der Waals surface area contributed by atoms with Gasteiger partial charge in [0.2, 0.25) is 0 Å². The molecule has 0 saturated carbocycles. The number of para-hydroxylation sites is 8. The van der Waals surface area contributed by atoms with Gasteiger partial charge < -0.3 is 38.9 Å². The molecule has 8 aromatic carbocycles. The third-order valence-electron chi connectivity index (χ3n) is 12.1. The topological polar surface area (TPSA) is 63.3 Å².